The van der Waals surface area contributed by atoms with Gasteiger partial charge >= 0.3 is 11.9 Å². The van der Waals surface area contributed by atoms with E-state index in [-0.39, 0.29) is 24.1 Å². The Hall–Kier alpha value is -1.10. The maximum atomic E-state index is 11.7. The molecule has 92 valence electrons. The minimum Gasteiger partial charge on any atom is -0.461 e. The summed E-state index contributed by atoms with van der Waals surface area (Å²) in [5.74, 6) is -0.612. The van der Waals surface area contributed by atoms with Crippen LogP contribution in [0.3, 0.4) is 0 Å². The van der Waals surface area contributed by atoms with E-state index in [1.165, 1.54) is 6.92 Å². The van der Waals surface area contributed by atoms with Crippen molar-refractivity contribution < 1.29 is 19.1 Å². The van der Waals surface area contributed by atoms with Crippen molar-refractivity contribution in [3.8, 4) is 0 Å². The summed E-state index contributed by atoms with van der Waals surface area (Å²) < 4.78 is 10.2. The van der Waals surface area contributed by atoms with Gasteiger partial charge in [-0.25, -0.2) is 0 Å². The van der Waals surface area contributed by atoms with Crippen molar-refractivity contribution in [1.29, 1.82) is 0 Å². The van der Waals surface area contributed by atoms with Crippen molar-refractivity contribution in [2.24, 2.45) is 0 Å². The molecule has 1 aliphatic heterocycles. The van der Waals surface area contributed by atoms with Crippen molar-refractivity contribution in [2.45, 2.75) is 51.9 Å². The first-order valence-corrected chi connectivity index (χ1v) is 5.41. The quantitative estimate of drug-likeness (QED) is 0.703. The van der Waals surface area contributed by atoms with Gasteiger partial charge in [-0.3, -0.25) is 9.59 Å². The Morgan fingerprint density at radius 3 is 2.44 bits per heavy atom. The molecule has 1 N–H and O–H groups in total. The van der Waals surface area contributed by atoms with E-state index in [0.29, 0.717) is 13.0 Å². The fourth-order valence-corrected chi connectivity index (χ4v) is 1.58. The number of ether oxygens (including phenoxy) is 2. The Morgan fingerprint density at radius 2 is 1.94 bits per heavy atom. The number of nitrogens with one attached hydrogen (secondary N) is 1. The van der Waals surface area contributed by atoms with Crippen molar-refractivity contribution in [3.05, 3.63) is 0 Å². The monoisotopic (exact) mass is 229 g/mol. The predicted octanol–water partition coefficient (Wildman–Crippen LogP) is 0.622. The van der Waals surface area contributed by atoms with Gasteiger partial charge in [0, 0.05) is 19.9 Å². The van der Waals surface area contributed by atoms with Crippen LogP contribution in [-0.2, 0) is 19.1 Å². The lowest BCUT2D eigenvalue weighted by molar-refractivity contribution is -0.158. The minimum absolute atomic E-state index is 0.227. The summed E-state index contributed by atoms with van der Waals surface area (Å²) in [6.07, 6.45) is 0.254. The highest BCUT2D eigenvalue weighted by molar-refractivity contribution is 5.76. The molecule has 1 saturated heterocycles. The van der Waals surface area contributed by atoms with Crippen LogP contribution in [0.25, 0.3) is 0 Å². The average Bonchev–Trinajstić information content (AvgIpc) is 2.48. The normalized spacial score (nSPS) is 25.2. The first-order chi connectivity index (χ1) is 7.28. The van der Waals surface area contributed by atoms with Crippen LogP contribution < -0.4 is 5.32 Å². The van der Waals surface area contributed by atoms with E-state index < -0.39 is 5.60 Å². The molecule has 0 unspecified atom stereocenters. The first-order valence-electron chi connectivity index (χ1n) is 5.41. The molecule has 1 heterocycles. The van der Waals surface area contributed by atoms with E-state index in [2.05, 4.69) is 5.32 Å². The minimum atomic E-state index is -0.488. The summed E-state index contributed by atoms with van der Waals surface area (Å²) in [6.45, 7) is 7.33. The van der Waals surface area contributed by atoms with Crippen molar-refractivity contribution in [2.75, 3.05) is 6.54 Å². The number of esters is 2. The van der Waals surface area contributed by atoms with Crippen LogP contribution in [0.15, 0.2) is 0 Å². The van der Waals surface area contributed by atoms with Gasteiger partial charge in [0.15, 0.2) is 0 Å². The molecule has 2 atom stereocenters. The standard InChI is InChI=1S/C11H19NO4/c1-7(13)15-8-5-9(12-6-8)10(14)16-11(2,3)4/h8-9,12H,5-6H2,1-4H3/t8-,9+/m1/s1. The molecule has 1 fully saturated rings. The zero-order chi connectivity index (χ0) is 12.3. The molecule has 0 spiro atoms. The molecule has 1 rings (SSSR count). The van der Waals surface area contributed by atoms with Gasteiger partial charge in [0.25, 0.3) is 0 Å². The van der Waals surface area contributed by atoms with Gasteiger partial charge in [0.2, 0.25) is 0 Å². The van der Waals surface area contributed by atoms with Gasteiger partial charge in [0.05, 0.1) is 0 Å². The molecule has 0 aliphatic carbocycles. The number of carbonyl (C=O) groups excluding carboxylic acids is 2. The third kappa shape index (κ3) is 4.18. The highest BCUT2D eigenvalue weighted by Gasteiger charge is 2.33. The van der Waals surface area contributed by atoms with Crippen molar-refractivity contribution in [1.82, 2.24) is 5.32 Å². The fourth-order valence-electron chi connectivity index (χ4n) is 1.58. The van der Waals surface area contributed by atoms with Crippen LogP contribution >= 0.6 is 0 Å². The fraction of sp³-hybridized carbons (Fsp3) is 0.818. The lowest BCUT2D eigenvalue weighted by Gasteiger charge is -2.21. The Kier molecular flexibility index (Phi) is 3.91. The third-order valence-corrected chi connectivity index (χ3v) is 2.11. The molecule has 0 aromatic heterocycles. The van der Waals surface area contributed by atoms with E-state index in [1.807, 2.05) is 20.8 Å². The number of carbonyl (C=O) groups is 2. The van der Waals surface area contributed by atoms with Gasteiger partial charge in [-0.05, 0) is 20.8 Å². The zero-order valence-electron chi connectivity index (χ0n) is 10.2. The second-order valence-electron chi connectivity index (χ2n) is 4.96. The lowest BCUT2D eigenvalue weighted by Crippen LogP contribution is -2.37. The largest absolute Gasteiger partial charge is 0.461 e. The molecule has 16 heavy (non-hydrogen) atoms. The predicted molar refractivity (Wildman–Crippen MR) is 57.8 cm³/mol. The maximum Gasteiger partial charge on any atom is 0.323 e. The second-order valence-corrected chi connectivity index (χ2v) is 4.96. The molecule has 0 bridgehead atoms. The third-order valence-electron chi connectivity index (χ3n) is 2.11. The Balaban J connectivity index is 2.41. The SMILES string of the molecule is CC(=O)O[C@H]1CN[C@H](C(=O)OC(C)(C)C)C1. The second kappa shape index (κ2) is 4.82. The van der Waals surface area contributed by atoms with E-state index in [4.69, 9.17) is 9.47 Å². The van der Waals surface area contributed by atoms with E-state index in [9.17, 15) is 9.59 Å². The Bertz CT molecular complexity index is 282. The van der Waals surface area contributed by atoms with Crippen LogP contribution in [0.2, 0.25) is 0 Å². The average molecular weight is 229 g/mol. The van der Waals surface area contributed by atoms with Crippen molar-refractivity contribution >= 4 is 11.9 Å². The molecule has 0 radical (unpaired) electrons. The van der Waals surface area contributed by atoms with E-state index in [1.54, 1.807) is 0 Å². The van der Waals surface area contributed by atoms with Gasteiger partial charge in [-0.15, -0.1) is 0 Å². The lowest BCUT2D eigenvalue weighted by atomic mass is 10.1. The van der Waals surface area contributed by atoms with Crippen LogP contribution in [0.4, 0.5) is 0 Å². The van der Waals surface area contributed by atoms with Crippen molar-refractivity contribution in [3.63, 3.8) is 0 Å². The summed E-state index contributed by atoms with van der Waals surface area (Å²) >= 11 is 0. The van der Waals surface area contributed by atoms with Crippen LogP contribution in [0.5, 0.6) is 0 Å². The van der Waals surface area contributed by atoms with Crippen LogP contribution in [0, 0.1) is 0 Å². The summed E-state index contributed by atoms with van der Waals surface area (Å²) in [6, 6.07) is -0.372. The zero-order valence-corrected chi connectivity index (χ0v) is 10.2. The summed E-state index contributed by atoms with van der Waals surface area (Å²) in [5.41, 5.74) is -0.488. The smallest absolute Gasteiger partial charge is 0.323 e. The Labute approximate surface area is 95.5 Å². The molecule has 0 amide bonds. The number of hydrogen-bond donors (Lipinski definition) is 1. The van der Waals surface area contributed by atoms with Gasteiger partial charge < -0.3 is 14.8 Å². The Morgan fingerprint density at radius 1 is 1.31 bits per heavy atom. The first kappa shape index (κ1) is 13.0. The van der Waals surface area contributed by atoms with Gasteiger partial charge in [0.1, 0.15) is 17.7 Å². The molecule has 0 aromatic carbocycles. The molecule has 5 nitrogen and oxygen atoms in total. The van der Waals surface area contributed by atoms with Gasteiger partial charge in [-0.2, -0.15) is 0 Å². The topological polar surface area (TPSA) is 64.6 Å². The van der Waals surface area contributed by atoms with E-state index >= 15 is 0 Å². The molecular formula is C11H19NO4. The number of rotatable bonds is 2. The number of hydrogen-bond acceptors (Lipinski definition) is 5. The van der Waals surface area contributed by atoms with Crippen LogP contribution in [-0.4, -0.2) is 36.2 Å². The van der Waals surface area contributed by atoms with Gasteiger partial charge in [-0.1, -0.05) is 0 Å². The molecule has 0 saturated carbocycles. The molecule has 0 aromatic rings. The van der Waals surface area contributed by atoms with E-state index in [0.717, 1.165) is 0 Å². The summed E-state index contributed by atoms with van der Waals surface area (Å²) in [4.78, 5) is 22.4. The summed E-state index contributed by atoms with van der Waals surface area (Å²) in [7, 11) is 0. The molecular weight excluding hydrogens is 210 g/mol. The molecule has 1 aliphatic rings. The van der Waals surface area contributed by atoms with Crippen LogP contribution in [0.1, 0.15) is 34.1 Å². The molecule has 5 heteroatoms. The highest BCUT2D eigenvalue weighted by Crippen LogP contribution is 2.15. The highest BCUT2D eigenvalue weighted by atomic mass is 16.6. The maximum absolute atomic E-state index is 11.7. The summed E-state index contributed by atoms with van der Waals surface area (Å²) in [5, 5.41) is 2.98.